The average molecular weight is 275 g/mol. The van der Waals surface area contributed by atoms with Crippen LogP contribution < -0.4 is 4.90 Å². The molecule has 0 aliphatic heterocycles. The number of anilines is 1. The van der Waals surface area contributed by atoms with Gasteiger partial charge in [-0.15, -0.1) is 0 Å². The predicted molar refractivity (Wildman–Crippen MR) is 70.0 cm³/mol. The van der Waals surface area contributed by atoms with E-state index in [0.717, 1.165) is 6.26 Å². The van der Waals surface area contributed by atoms with Crippen LogP contribution in [0.5, 0.6) is 0 Å². The first-order chi connectivity index (χ1) is 8.22. The molecule has 102 valence electrons. The van der Waals surface area contributed by atoms with Crippen LogP contribution in [0.2, 0.25) is 0 Å². The van der Waals surface area contributed by atoms with Crippen LogP contribution >= 0.6 is 0 Å². The molecule has 0 heterocycles. The number of nitrogens with zero attached hydrogens (tertiary/aromatic N) is 1. The van der Waals surface area contributed by atoms with E-state index >= 15 is 0 Å². The molecule has 0 saturated heterocycles. The second-order valence-corrected chi connectivity index (χ2v) is 6.66. The minimum atomic E-state index is -3.07. The molecule has 1 atom stereocenters. The molecule has 1 aromatic rings. The summed E-state index contributed by atoms with van der Waals surface area (Å²) in [6.45, 7) is 1.73. The van der Waals surface area contributed by atoms with Crippen molar-refractivity contribution in [3.05, 3.63) is 29.6 Å². The van der Waals surface area contributed by atoms with Gasteiger partial charge in [0.05, 0.1) is 11.9 Å². The highest BCUT2D eigenvalue weighted by Crippen LogP contribution is 2.28. The van der Waals surface area contributed by atoms with Gasteiger partial charge in [-0.2, -0.15) is 0 Å². The maximum absolute atomic E-state index is 13.6. The Balaban J connectivity index is 2.99. The number of aliphatic hydroxyl groups is 1. The van der Waals surface area contributed by atoms with Gasteiger partial charge in [0.25, 0.3) is 0 Å². The van der Waals surface area contributed by atoms with Crippen molar-refractivity contribution in [3.8, 4) is 0 Å². The zero-order valence-electron chi connectivity index (χ0n) is 10.7. The van der Waals surface area contributed by atoms with Crippen molar-refractivity contribution in [2.75, 3.05) is 30.5 Å². The molecule has 6 heteroatoms. The Labute approximate surface area is 107 Å². The second kappa shape index (κ2) is 5.67. The molecule has 4 nitrogen and oxygen atoms in total. The first-order valence-electron chi connectivity index (χ1n) is 5.57. The third kappa shape index (κ3) is 3.96. The van der Waals surface area contributed by atoms with Gasteiger partial charge in [0.1, 0.15) is 15.7 Å². The number of rotatable bonds is 5. The molecule has 0 spiro atoms. The Bertz CT molecular complexity index is 514. The van der Waals surface area contributed by atoms with Gasteiger partial charge in [-0.3, -0.25) is 0 Å². The quantitative estimate of drug-likeness (QED) is 0.881. The molecule has 0 aromatic heterocycles. The Morgan fingerprint density at radius 1 is 1.44 bits per heavy atom. The van der Waals surface area contributed by atoms with Gasteiger partial charge in [-0.05, 0) is 19.1 Å². The first kappa shape index (κ1) is 14.9. The number of hydrogen-bond acceptors (Lipinski definition) is 4. The van der Waals surface area contributed by atoms with E-state index < -0.39 is 21.8 Å². The van der Waals surface area contributed by atoms with Crippen molar-refractivity contribution in [3.63, 3.8) is 0 Å². The Hall–Kier alpha value is -1.14. The van der Waals surface area contributed by atoms with E-state index in [1.807, 2.05) is 0 Å². The summed E-state index contributed by atoms with van der Waals surface area (Å²) in [4.78, 5) is 1.63. The van der Waals surface area contributed by atoms with E-state index in [2.05, 4.69) is 0 Å². The minimum absolute atomic E-state index is 0.0146. The first-order valence-corrected chi connectivity index (χ1v) is 7.64. The Morgan fingerprint density at radius 3 is 2.56 bits per heavy atom. The van der Waals surface area contributed by atoms with Crippen molar-refractivity contribution in [1.29, 1.82) is 0 Å². The van der Waals surface area contributed by atoms with Gasteiger partial charge in [0.2, 0.25) is 0 Å². The summed E-state index contributed by atoms with van der Waals surface area (Å²) in [7, 11) is -1.40. The van der Waals surface area contributed by atoms with E-state index in [1.54, 1.807) is 18.0 Å². The van der Waals surface area contributed by atoms with Crippen LogP contribution in [0, 0.1) is 5.82 Å². The largest absolute Gasteiger partial charge is 0.389 e. The van der Waals surface area contributed by atoms with Gasteiger partial charge < -0.3 is 10.0 Å². The lowest BCUT2D eigenvalue weighted by molar-refractivity contribution is 0.194. The van der Waals surface area contributed by atoms with E-state index in [9.17, 15) is 17.9 Å². The third-order valence-electron chi connectivity index (χ3n) is 2.66. The lowest BCUT2D eigenvalue weighted by Crippen LogP contribution is -2.26. The van der Waals surface area contributed by atoms with Crippen LogP contribution in [-0.4, -0.2) is 39.1 Å². The van der Waals surface area contributed by atoms with Gasteiger partial charge in [-0.1, -0.05) is 6.07 Å². The van der Waals surface area contributed by atoms with Crippen molar-refractivity contribution in [1.82, 2.24) is 0 Å². The monoisotopic (exact) mass is 275 g/mol. The zero-order chi connectivity index (χ0) is 13.9. The maximum Gasteiger partial charge on any atom is 0.149 e. The maximum atomic E-state index is 13.6. The van der Waals surface area contributed by atoms with E-state index in [0.29, 0.717) is 5.69 Å². The molecule has 1 rings (SSSR count). The standard InChI is InChI=1S/C12H18FNO3S/c1-9(15)12-10(13)5-4-6-11(12)14(2)7-8-18(3,16)17/h4-6,9,15H,7-8H2,1-3H3. The van der Waals surface area contributed by atoms with Crippen molar-refractivity contribution in [2.24, 2.45) is 0 Å². The molecule has 0 aliphatic rings. The summed E-state index contributed by atoms with van der Waals surface area (Å²) in [5, 5.41) is 9.58. The normalized spacial score (nSPS) is 13.4. The number of aliphatic hydroxyl groups excluding tert-OH is 1. The highest BCUT2D eigenvalue weighted by Gasteiger charge is 2.16. The van der Waals surface area contributed by atoms with Gasteiger partial charge >= 0.3 is 0 Å². The second-order valence-electron chi connectivity index (χ2n) is 4.40. The molecular formula is C12H18FNO3S. The number of benzene rings is 1. The molecule has 0 bridgehead atoms. The fourth-order valence-corrected chi connectivity index (χ4v) is 2.30. The van der Waals surface area contributed by atoms with E-state index in [4.69, 9.17) is 0 Å². The van der Waals surface area contributed by atoms with Crippen LogP contribution in [-0.2, 0) is 9.84 Å². The summed E-state index contributed by atoms with van der Waals surface area (Å²) in [6, 6.07) is 4.47. The highest BCUT2D eigenvalue weighted by molar-refractivity contribution is 7.90. The molecule has 0 amide bonds. The van der Waals surface area contributed by atoms with Crippen LogP contribution in [0.4, 0.5) is 10.1 Å². The molecular weight excluding hydrogens is 257 g/mol. The lowest BCUT2D eigenvalue weighted by atomic mass is 10.1. The van der Waals surface area contributed by atoms with Crippen LogP contribution in [0.15, 0.2) is 18.2 Å². The van der Waals surface area contributed by atoms with Crippen LogP contribution in [0.3, 0.4) is 0 Å². The SMILES string of the molecule is CC(O)c1c(F)cccc1N(C)CCS(C)(=O)=O. The van der Waals surface area contributed by atoms with Gasteiger partial charge in [0, 0.05) is 31.1 Å². The van der Waals surface area contributed by atoms with E-state index in [1.165, 1.54) is 19.1 Å². The van der Waals surface area contributed by atoms with Gasteiger partial charge in [0.15, 0.2) is 0 Å². The fourth-order valence-electron chi connectivity index (χ4n) is 1.70. The molecule has 18 heavy (non-hydrogen) atoms. The average Bonchev–Trinajstić information content (AvgIpc) is 2.24. The summed E-state index contributed by atoms with van der Waals surface area (Å²) in [6.07, 6.45) is 0.212. The number of halogens is 1. The Kier molecular flexibility index (Phi) is 4.70. The highest BCUT2D eigenvalue weighted by atomic mass is 32.2. The van der Waals surface area contributed by atoms with Crippen LogP contribution in [0.25, 0.3) is 0 Å². The van der Waals surface area contributed by atoms with E-state index in [-0.39, 0.29) is 17.9 Å². The third-order valence-corrected chi connectivity index (χ3v) is 3.58. The predicted octanol–water partition coefficient (Wildman–Crippen LogP) is 1.36. The number of hydrogen-bond donors (Lipinski definition) is 1. The number of sulfone groups is 1. The molecule has 0 saturated carbocycles. The topological polar surface area (TPSA) is 57.6 Å². The molecule has 1 unspecified atom stereocenters. The summed E-state index contributed by atoms with van der Waals surface area (Å²) in [5.41, 5.74) is 0.696. The summed E-state index contributed by atoms with van der Waals surface area (Å²) >= 11 is 0. The molecule has 0 aliphatic carbocycles. The van der Waals surface area contributed by atoms with Crippen molar-refractivity contribution in [2.45, 2.75) is 13.0 Å². The zero-order valence-corrected chi connectivity index (χ0v) is 11.5. The van der Waals surface area contributed by atoms with Gasteiger partial charge in [-0.25, -0.2) is 12.8 Å². The van der Waals surface area contributed by atoms with Crippen molar-refractivity contribution >= 4 is 15.5 Å². The smallest absolute Gasteiger partial charge is 0.149 e. The summed E-state index contributed by atoms with van der Waals surface area (Å²) in [5.74, 6) is -0.507. The molecule has 0 radical (unpaired) electrons. The molecule has 1 aromatic carbocycles. The van der Waals surface area contributed by atoms with Crippen molar-refractivity contribution < 1.29 is 17.9 Å². The molecule has 0 fully saturated rings. The lowest BCUT2D eigenvalue weighted by Gasteiger charge is -2.23. The molecule has 1 N–H and O–H groups in total. The fraction of sp³-hybridized carbons (Fsp3) is 0.500. The summed E-state index contributed by atoms with van der Waals surface area (Å²) < 4.78 is 35.8. The minimum Gasteiger partial charge on any atom is -0.389 e. The van der Waals surface area contributed by atoms with Crippen LogP contribution in [0.1, 0.15) is 18.6 Å². The Morgan fingerprint density at radius 2 is 2.06 bits per heavy atom.